The van der Waals surface area contributed by atoms with E-state index in [1.54, 1.807) is 11.8 Å². The van der Waals surface area contributed by atoms with Gasteiger partial charge in [-0.15, -0.1) is 0 Å². The summed E-state index contributed by atoms with van der Waals surface area (Å²) in [6, 6.07) is 9.60. The summed E-state index contributed by atoms with van der Waals surface area (Å²) in [4.78, 5) is 12.1. The van der Waals surface area contributed by atoms with E-state index in [1.165, 1.54) is 0 Å². The van der Waals surface area contributed by atoms with Gasteiger partial charge in [0.15, 0.2) is 0 Å². The monoisotopic (exact) mass is 294 g/mol. The van der Waals surface area contributed by atoms with Crippen molar-refractivity contribution in [1.82, 2.24) is 5.32 Å². The molecular weight excluding hydrogens is 272 g/mol. The third-order valence-electron chi connectivity index (χ3n) is 3.52. The number of hydrogen-bond donors (Lipinski definition) is 2. The Morgan fingerprint density at radius 3 is 2.95 bits per heavy atom. The Kier molecular flexibility index (Phi) is 5.88. The van der Waals surface area contributed by atoms with Crippen LogP contribution in [0.3, 0.4) is 0 Å². The molecule has 1 amide bonds. The van der Waals surface area contributed by atoms with Crippen molar-refractivity contribution in [3.8, 4) is 0 Å². The maximum absolute atomic E-state index is 12.1. The summed E-state index contributed by atoms with van der Waals surface area (Å²) in [6.07, 6.45) is 3.49. The lowest BCUT2D eigenvalue weighted by Gasteiger charge is -2.22. The highest BCUT2D eigenvalue weighted by molar-refractivity contribution is 7.98. The van der Waals surface area contributed by atoms with Crippen LogP contribution in [0.5, 0.6) is 0 Å². The number of thioether (sulfide) groups is 1. The van der Waals surface area contributed by atoms with Crippen molar-refractivity contribution in [2.24, 2.45) is 5.73 Å². The molecule has 2 unspecified atom stereocenters. The molecule has 110 valence electrons. The van der Waals surface area contributed by atoms with Gasteiger partial charge in [-0.25, -0.2) is 0 Å². The first kappa shape index (κ1) is 15.4. The van der Waals surface area contributed by atoms with Crippen LogP contribution in [0, 0.1) is 0 Å². The van der Waals surface area contributed by atoms with Gasteiger partial charge >= 0.3 is 0 Å². The topological polar surface area (TPSA) is 64.4 Å². The summed E-state index contributed by atoms with van der Waals surface area (Å²) in [5.74, 6) is 0.827. The number of amides is 1. The van der Waals surface area contributed by atoms with Crippen LogP contribution >= 0.6 is 11.8 Å². The Morgan fingerprint density at radius 2 is 2.25 bits per heavy atom. The Bertz CT molecular complexity index is 427. The predicted octanol–water partition coefficient (Wildman–Crippen LogP) is 1.71. The highest BCUT2D eigenvalue weighted by Gasteiger charge is 2.31. The molecule has 1 aromatic rings. The van der Waals surface area contributed by atoms with Crippen LogP contribution in [0.25, 0.3) is 0 Å². The van der Waals surface area contributed by atoms with E-state index in [-0.39, 0.29) is 18.1 Å². The molecule has 1 saturated heterocycles. The molecule has 0 saturated carbocycles. The molecule has 0 aliphatic carbocycles. The van der Waals surface area contributed by atoms with Crippen LogP contribution in [-0.4, -0.2) is 36.6 Å². The zero-order chi connectivity index (χ0) is 14.4. The number of rotatable bonds is 6. The molecule has 1 aromatic carbocycles. The van der Waals surface area contributed by atoms with Crippen LogP contribution in [0.2, 0.25) is 0 Å². The molecule has 2 rings (SSSR count). The standard InChI is InChI=1S/C15H22N2O2S/c1-20-10-8-12(16)15(18)17-13-7-9-19-14(13)11-5-3-2-4-6-11/h2-6,12-14H,7-10,16H2,1H3,(H,17,18)/t12-,13?,14?/m0/s1. The van der Waals surface area contributed by atoms with Gasteiger partial charge in [-0.05, 0) is 30.4 Å². The number of nitrogens with one attached hydrogen (secondary N) is 1. The van der Waals surface area contributed by atoms with E-state index in [4.69, 9.17) is 10.5 Å². The first-order chi connectivity index (χ1) is 9.72. The second-order valence-electron chi connectivity index (χ2n) is 4.99. The first-order valence-electron chi connectivity index (χ1n) is 6.94. The van der Waals surface area contributed by atoms with Crippen LogP contribution < -0.4 is 11.1 Å². The number of hydrogen-bond acceptors (Lipinski definition) is 4. The fourth-order valence-electron chi connectivity index (χ4n) is 2.37. The van der Waals surface area contributed by atoms with Gasteiger partial charge in [0.05, 0.1) is 12.1 Å². The molecule has 0 aromatic heterocycles. The van der Waals surface area contributed by atoms with E-state index in [0.29, 0.717) is 13.0 Å². The Morgan fingerprint density at radius 1 is 1.50 bits per heavy atom. The molecule has 4 nitrogen and oxygen atoms in total. The number of benzene rings is 1. The maximum Gasteiger partial charge on any atom is 0.237 e. The van der Waals surface area contributed by atoms with Crippen LogP contribution in [0.1, 0.15) is 24.5 Å². The third kappa shape index (κ3) is 3.98. The van der Waals surface area contributed by atoms with Gasteiger partial charge in [0.25, 0.3) is 0 Å². The molecule has 0 spiro atoms. The van der Waals surface area contributed by atoms with Gasteiger partial charge in [0, 0.05) is 6.61 Å². The molecule has 3 atom stereocenters. The number of carbonyl (C=O) groups excluding carboxylic acids is 1. The summed E-state index contributed by atoms with van der Waals surface area (Å²) in [5.41, 5.74) is 7.00. The number of nitrogens with two attached hydrogens (primary N) is 1. The van der Waals surface area contributed by atoms with Crippen molar-refractivity contribution in [2.45, 2.75) is 31.0 Å². The molecule has 0 radical (unpaired) electrons. The van der Waals surface area contributed by atoms with E-state index in [0.717, 1.165) is 17.7 Å². The van der Waals surface area contributed by atoms with Crippen LogP contribution in [0.4, 0.5) is 0 Å². The molecule has 1 fully saturated rings. The molecule has 0 bridgehead atoms. The number of carbonyl (C=O) groups is 1. The largest absolute Gasteiger partial charge is 0.371 e. The van der Waals surface area contributed by atoms with Crippen molar-refractivity contribution in [3.63, 3.8) is 0 Å². The smallest absolute Gasteiger partial charge is 0.237 e. The van der Waals surface area contributed by atoms with E-state index in [9.17, 15) is 4.79 Å². The van der Waals surface area contributed by atoms with Gasteiger partial charge in [-0.2, -0.15) is 11.8 Å². The van der Waals surface area contributed by atoms with E-state index in [1.807, 2.05) is 36.6 Å². The molecule has 20 heavy (non-hydrogen) atoms. The minimum absolute atomic E-state index is 0.0187. The van der Waals surface area contributed by atoms with Gasteiger partial charge in [-0.1, -0.05) is 30.3 Å². The molecule has 3 N–H and O–H groups in total. The highest BCUT2D eigenvalue weighted by Crippen LogP contribution is 2.28. The number of ether oxygens (including phenoxy) is 1. The lowest BCUT2D eigenvalue weighted by atomic mass is 10.0. The fraction of sp³-hybridized carbons (Fsp3) is 0.533. The highest BCUT2D eigenvalue weighted by atomic mass is 32.2. The summed E-state index contributed by atoms with van der Waals surface area (Å²) >= 11 is 1.70. The Labute approximate surface area is 124 Å². The molecule has 5 heteroatoms. The maximum atomic E-state index is 12.1. The van der Waals surface area contributed by atoms with Crippen molar-refractivity contribution < 1.29 is 9.53 Å². The van der Waals surface area contributed by atoms with Crippen molar-refractivity contribution in [3.05, 3.63) is 35.9 Å². The van der Waals surface area contributed by atoms with Crippen LogP contribution in [0.15, 0.2) is 30.3 Å². The van der Waals surface area contributed by atoms with E-state index >= 15 is 0 Å². The van der Waals surface area contributed by atoms with Gasteiger partial charge in [0.2, 0.25) is 5.91 Å². The normalized spacial score (nSPS) is 23.5. The lowest BCUT2D eigenvalue weighted by molar-refractivity contribution is -0.123. The predicted molar refractivity (Wildman–Crippen MR) is 82.7 cm³/mol. The van der Waals surface area contributed by atoms with Gasteiger partial charge < -0.3 is 15.8 Å². The second kappa shape index (κ2) is 7.67. The minimum atomic E-state index is -0.431. The Hall–Kier alpha value is -1.04. The summed E-state index contributed by atoms with van der Waals surface area (Å²) in [5, 5.41) is 3.04. The molecule has 1 heterocycles. The summed E-state index contributed by atoms with van der Waals surface area (Å²) in [7, 11) is 0. The van der Waals surface area contributed by atoms with Crippen LogP contribution in [-0.2, 0) is 9.53 Å². The average Bonchev–Trinajstić information content (AvgIpc) is 2.93. The van der Waals surface area contributed by atoms with Crippen molar-refractivity contribution >= 4 is 17.7 Å². The molecule has 1 aliphatic rings. The zero-order valence-electron chi connectivity index (χ0n) is 11.7. The summed E-state index contributed by atoms with van der Waals surface area (Å²) in [6.45, 7) is 0.671. The van der Waals surface area contributed by atoms with E-state index < -0.39 is 6.04 Å². The first-order valence-corrected chi connectivity index (χ1v) is 8.33. The van der Waals surface area contributed by atoms with E-state index in [2.05, 4.69) is 5.32 Å². The average molecular weight is 294 g/mol. The summed E-state index contributed by atoms with van der Waals surface area (Å²) < 4.78 is 5.75. The third-order valence-corrected chi connectivity index (χ3v) is 4.16. The Balaban J connectivity index is 1.93. The lowest BCUT2D eigenvalue weighted by Crippen LogP contribution is -2.46. The zero-order valence-corrected chi connectivity index (χ0v) is 12.6. The molecule has 1 aliphatic heterocycles. The SMILES string of the molecule is CSCC[C@H](N)C(=O)NC1CCOC1c1ccccc1. The van der Waals surface area contributed by atoms with Crippen molar-refractivity contribution in [1.29, 1.82) is 0 Å². The second-order valence-corrected chi connectivity index (χ2v) is 5.98. The van der Waals surface area contributed by atoms with Gasteiger partial charge in [-0.3, -0.25) is 4.79 Å². The van der Waals surface area contributed by atoms with Gasteiger partial charge in [0.1, 0.15) is 6.10 Å². The quantitative estimate of drug-likeness (QED) is 0.838. The molecular formula is C15H22N2O2S. The fourth-order valence-corrected chi connectivity index (χ4v) is 2.86. The van der Waals surface area contributed by atoms with Crippen molar-refractivity contribution in [2.75, 3.05) is 18.6 Å². The minimum Gasteiger partial charge on any atom is -0.371 e.